The maximum absolute atomic E-state index is 11.5. The predicted octanol–water partition coefficient (Wildman–Crippen LogP) is 17.5. The van der Waals surface area contributed by atoms with Gasteiger partial charge < -0.3 is 15.3 Å². The molecule has 1 saturated carbocycles. The summed E-state index contributed by atoms with van der Waals surface area (Å²) in [4.78, 5) is 11.5. The molecule has 2 aliphatic rings. The van der Waals surface area contributed by atoms with E-state index in [9.17, 15) is 15.0 Å². The minimum absolute atomic E-state index is 0.162. The van der Waals surface area contributed by atoms with Crippen molar-refractivity contribution < 1.29 is 20.1 Å². The van der Waals surface area contributed by atoms with Crippen LogP contribution >= 0.6 is 0 Å². The molecular formula is C60H102O4. The van der Waals surface area contributed by atoms with Gasteiger partial charge in [-0.3, -0.25) is 4.79 Å². The first-order chi connectivity index (χ1) is 29.9. The third kappa shape index (κ3) is 38.2. The molecule has 4 nitrogen and oxygen atoms in total. The number of carbonyl (C=O) groups is 1. The van der Waals surface area contributed by atoms with E-state index in [4.69, 9.17) is 5.11 Å². The molecule has 0 spiro atoms. The minimum atomic E-state index is -0.726. The second-order valence-corrected chi connectivity index (χ2v) is 20.5. The first kappa shape index (κ1) is 63.0. The summed E-state index contributed by atoms with van der Waals surface area (Å²) in [5.41, 5.74) is 11.3. The summed E-state index contributed by atoms with van der Waals surface area (Å²) >= 11 is 0. The fourth-order valence-electron chi connectivity index (χ4n) is 7.46. The molecule has 0 aromatic rings. The number of allylic oxidation sites excluding steroid dienone is 17. The molecule has 0 saturated heterocycles. The van der Waals surface area contributed by atoms with E-state index in [0.29, 0.717) is 17.6 Å². The normalized spacial score (nSPS) is 18.5. The third-order valence-corrected chi connectivity index (χ3v) is 12.2. The zero-order chi connectivity index (χ0) is 49.1. The number of Topliss-reactive ketones (excluding diaryl/α,β-unsaturated/α-hetero) is 1. The van der Waals surface area contributed by atoms with Gasteiger partial charge in [0.2, 0.25) is 0 Å². The smallest absolute Gasteiger partial charge is 0.136 e. The van der Waals surface area contributed by atoms with Gasteiger partial charge in [0.25, 0.3) is 0 Å². The molecule has 366 valence electrons. The Labute approximate surface area is 397 Å². The highest BCUT2D eigenvalue weighted by atomic mass is 16.3. The molecule has 0 heterocycles. The van der Waals surface area contributed by atoms with Crippen molar-refractivity contribution in [2.45, 2.75) is 237 Å². The van der Waals surface area contributed by atoms with Gasteiger partial charge in [0.1, 0.15) is 5.78 Å². The van der Waals surface area contributed by atoms with Gasteiger partial charge >= 0.3 is 0 Å². The molecule has 1 fully saturated rings. The Morgan fingerprint density at radius 2 is 1.03 bits per heavy atom. The van der Waals surface area contributed by atoms with Crippen molar-refractivity contribution in [2.24, 2.45) is 11.8 Å². The molecule has 2 rings (SSSR count). The lowest BCUT2D eigenvalue weighted by Gasteiger charge is -2.34. The highest BCUT2D eigenvalue weighted by molar-refractivity contribution is 5.82. The highest BCUT2D eigenvalue weighted by Gasteiger charge is 2.31. The molecule has 0 aromatic carbocycles. The molecule has 0 amide bonds. The number of hydrogen-bond donors (Lipinski definition) is 3. The molecule has 3 N–H and O–H groups in total. The molecule has 0 radical (unpaired) electrons. The first-order valence-corrected chi connectivity index (χ1v) is 25.0. The predicted molar refractivity (Wildman–Crippen MR) is 285 cm³/mol. The van der Waals surface area contributed by atoms with Gasteiger partial charge in [0.15, 0.2) is 0 Å². The number of rotatable bonds is 23. The number of aliphatic hydroxyl groups excluding tert-OH is 1. The van der Waals surface area contributed by atoms with E-state index >= 15 is 0 Å². The summed E-state index contributed by atoms with van der Waals surface area (Å²) in [7, 11) is 0. The van der Waals surface area contributed by atoms with E-state index in [0.717, 1.165) is 122 Å². The zero-order valence-electron chi connectivity index (χ0n) is 44.5. The molecule has 0 bridgehead atoms. The van der Waals surface area contributed by atoms with Crippen LogP contribution in [0.3, 0.4) is 0 Å². The second kappa shape index (κ2) is 37.1. The Hall–Kier alpha value is -3.05. The summed E-state index contributed by atoms with van der Waals surface area (Å²) < 4.78 is 0. The van der Waals surface area contributed by atoms with Crippen molar-refractivity contribution in [2.75, 3.05) is 6.61 Å². The Balaban J connectivity index is 0. The van der Waals surface area contributed by atoms with Gasteiger partial charge in [-0.25, -0.2) is 0 Å². The van der Waals surface area contributed by atoms with Crippen molar-refractivity contribution in [3.8, 4) is 0 Å². The van der Waals surface area contributed by atoms with E-state index < -0.39 is 11.2 Å². The van der Waals surface area contributed by atoms with Gasteiger partial charge in [0.05, 0.1) is 17.8 Å². The van der Waals surface area contributed by atoms with Crippen molar-refractivity contribution in [1.82, 2.24) is 0 Å². The first-order valence-electron chi connectivity index (χ1n) is 25.0. The van der Waals surface area contributed by atoms with Gasteiger partial charge in [-0.05, 0) is 225 Å². The summed E-state index contributed by atoms with van der Waals surface area (Å²) in [6.07, 6.45) is 41.5. The number of hydrogen-bond acceptors (Lipinski definition) is 4. The lowest BCUT2D eigenvalue weighted by atomic mass is 9.76. The molecule has 2 aliphatic carbocycles. The summed E-state index contributed by atoms with van der Waals surface area (Å²) in [5, 5.41) is 28.9. The van der Waals surface area contributed by atoms with Crippen LogP contribution in [0.2, 0.25) is 0 Å². The van der Waals surface area contributed by atoms with E-state index in [1.807, 2.05) is 13.0 Å². The van der Waals surface area contributed by atoms with Crippen molar-refractivity contribution in [1.29, 1.82) is 0 Å². The van der Waals surface area contributed by atoms with Gasteiger partial charge in [-0.2, -0.15) is 0 Å². The van der Waals surface area contributed by atoms with Gasteiger partial charge in [0, 0.05) is 12.3 Å². The average molecular weight is 887 g/mol. The van der Waals surface area contributed by atoms with Crippen LogP contribution in [-0.2, 0) is 4.79 Å². The van der Waals surface area contributed by atoms with Crippen molar-refractivity contribution >= 4 is 5.78 Å². The minimum Gasteiger partial charge on any atom is -0.392 e. The van der Waals surface area contributed by atoms with E-state index in [1.165, 1.54) is 50.2 Å². The largest absolute Gasteiger partial charge is 0.392 e. The van der Waals surface area contributed by atoms with Crippen molar-refractivity contribution in [3.05, 3.63) is 117 Å². The SMILES string of the molecule is C=CC(C)(O)CC/C=C(\C)CCC=C(C)C.CC(C)=CCC/C(C)=C/CC/C(C)=C/CO.CC(C)=CCC/C(C)=C/CC1CCCC1=O.CC(C)=CCCC(C)(O)C1CC=C(C)CC1. The van der Waals surface area contributed by atoms with Crippen molar-refractivity contribution in [3.63, 3.8) is 0 Å². The quantitative estimate of drug-likeness (QED) is 0.0894. The maximum Gasteiger partial charge on any atom is 0.136 e. The Morgan fingerprint density at radius 1 is 0.609 bits per heavy atom. The van der Waals surface area contributed by atoms with Crippen LogP contribution in [-0.4, -0.2) is 38.9 Å². The lowest BCUT2D eigenvalue weighted by Crippen LogP contribution is -2.35. The topological polar surface area (TPSA) is 77.8 Å². The summed E-state index contributed by atoms with van der Waals surface area (Å²) in [6, 6.07) is 0. The standard InChI is InChI=1S/C15H26O.C15H24O.2C15H26O/c1-12(2)6-5-11-15(4,16)14-9-7-13(3)8-10-14;1-12(2)6-4-7-13(3)10-11-14-8-5-9-15(14)16;1-13(2)7-5-8-14(3)9-6-10-15(4)11-12-16;1-6-15(5,16)12-8-11-14(4)10-7-9-13(2)3/h6-7,14,16H,5,8-11H2,1-4H3;6,10,14H,4-5,7-9,11H2,1-3H3;7,9,11,16H,5-6,8,10,12H2,1-4H3;6,9,11,16H,1,7-8,10,12H2,2-5H3/b;13-10+;14-9+,15-11+;14-11+. The zero-order valence-corrected chi connectivity index (χ0v) is 44.5. The molecular weight excluding hydrogens is 785 g/mol. The van der Waals surface area contributed by atoms with Crippen LogP contribution in [0.25, 0.3) is 0 Å². The molecule has 0 aliphatic heterocycles. The van der Waals surface area contributed by atoms with Crippen LogP contribution in [0.4, 0.5) is 0 Å². The van der Waals surface area contributed by atoms with Crippen LogP contribution in [0.5, 0.6) is 0 Å². The monoisotopic (exact) mass is 887 g/mol. The Morgan fingerprint density at radius 3 is 1.44 bits per heavy atom. The molecule has 4 heteroatoms. The second-order valence-electron chi connectivity index (χ2n) is 20.5. The van der Waals surface area contributed by atoms with Crippen LogP contribution in [0, 0.1) is 11.8 Å². The van der Waals surface area contributed by atoms with Gasteiger partial charge in [-0.15, -0.1) is 6.58 Å². The van der Waals surface area contributed by atoms with Gasteiger partial charge in [-0.1, -0.05) is 111 Å². The molecule has 0 aromatic heterocycles. The summed E-state index contributed by atoms with van der Waals surface area (Å²) in [5.74, 6) is 1.26. The van der Waals surface area contributed by atoms with Crippen LogP contribution < -0.4 is 0 Å². The number of aliphatic hydroxyl groups is 3. The number of ketones is 1. The van der Waals surface area contributed by atoms with Crippen LogP contribution in [0.1, 0.15) is 226 Å². The maximum atomic E-state index is 11.5. The van der Waals surface area contributed by atoms with E-state index in [-0.39, 0.29) is 6.61 Å². The fourth-order valence-corrected chi connectivity index (χ4v) is 7.46. The highest BCUT2D eigenvalue weighted by Crippen LogP contribution is 2.34. The van der Waals surface area contributed by atoms with E-state index in [2.05, 4.69) is 145 Å². The van der Waals surface area contributed by atoms with Crippen LogP contribution in [0.15, 0.2) is 117 Å². The average Bonchev–Trinajstić information content (AvgIpc) is 3.61. The molecule has 64 heavy (non-hydrogen) atoms. The number of carbonyl (C=O) groups excluding carboxylic acids is 1. The lowest BCUT2D eigenvalue weighted by molar-refractivity contribution is -0.120. The summed E-state index contributed by atoms with van der Waals surface area (Å²) in [6.45, 7) is 35.4. The third-order valence-electron chi connectivity index (χ3n) is 12.2. The Kier molecular flexibility index (Phi) is 36.5. The Bertz CT molecular complexity index is 1580. The fraction of sp³-hybridized carbons (Fsp3) is 0.650. The van der Waals surface area contributed by atoms with E-state index in [1.54, 1.807) is 13.0 Å². The molecule has 4 atom stereocenters. The molecule has 4 unspecified atom stereocenters.